The highest BCUT2D eigenvalue weighted by Crippen LogP contribution is 2.19. The fourth-order valence-electron chi connectivity index (χ4n) is 2.28. The van der Waals surface area contributed by atoms with Crippen molar-refractivity contribution in [3.05, 3.63) is 59.7 Å². The Morgan fingerprint density at radius 1 is 0.958 bits per heavy atom. The predicted octanol–water partition coefficient (Wildman–Crippen LogP) is 3.47. The van der Waals surface area contributed by atoms with Crippen LogP contribution in [0.25, 0.3) is 0 Å². The van der Waals surface area contributed by atoms with Gasteiger partial charge in [-0.3, -0.25) is 0 Å². The Labute approximate surface area is 143 Å². The number of hydrogen-bond acceptors (Lipinski definition) is 4. The number of hydrogen-bond donors (Lipinski definition) is 0. The van der Waals surface area contributed by atoms with E-state index in [0.29, 0.717) is 13.2 Å². The van der Waals surface area contributed by atoms with Crippen molar-refractivity contribution in [3.8, 4) is 11.5 Å². The van der Waals surface area contributed by atoms with E-state index in [-0.39, 0.29) is 12.2 Å². The lowest BCUT2D eigenvalue weighted by atomic mass is 10.0. The third-order valence-corrected chi connectivity index (χ3v) is 3.98. The van der Waals surface area contributed by atoms with Crippen molar-refractivity contribution in [1.82, 2.24) is 0 Å². The lowest BCUT2D eigenvalue weighted by molar-refractivity contribution is 0.0716. The van der Waals surface area contributed by atoms with Crippen LogP contribution in [0.15, 0.2) is 48.5 Å². The van der Waals surface area contributed by atoms with Gasteiger partial charge >= 0.3 is 0 Å². The highest BCUT2D eigenvalue weighted by Gasteiger charge is 2.22. The fourth-order valence-corrected chi connectivity index (χ4v) is 2.28. The third kappa shape index (κ3) is 5.25. The van der Waals surface area contributed by atoms with Gasteiger partial charge in [-0.2, -0.15) is 0 Å². The molecule has 2 atom stereocenters. The second-order valence-corrected chi connectivity index (χ2v) is 6.09. The van der Waals surface area contributed by atoms with Crippen molar-refractivity contribution in [2.75, 3.05) is 26.9 Å². The number of rotatable bonds is 9. The van der Waals surface area contributed by atoms with Crippen LogP contribution < -0.4 is 9.47 Å². The molecule has 128 valence electrons. The van der Waals surface area contributed by atoms with E-state index in [2.05, 4.69) is 24.3 Å². The summed E-state index contributed by atoms with van der Waals surface area (Å²) in [5.74, 6) is 1.76. The molecular formula is C20H24O4. The molecule has 0 spiro atoms. The van der Waals surface area contributed by atoms with Gasteiger partial charge in [-0.1, -0.05) is 24.3 Å². The van der Waals surface area contributed by atoms with Gasteiger partial charge in [0.15, 0.2) is 0 Å². The number of methoxy groups -OCH3 is 1. The Morgan fingerprint density at radius 2 is 1.50 bits per heavy atom. The zero-order valence-corrected chi connectivity index (χ0v) is 14.2. The molecular weight excluding hydrogens is 304 g/mol. The molecule has 1 fully saturated rings. The van der Waals surface area contributed by atoms with E-state index in [9.17, 15) is 0 Å². The molecule has 2 aromatic rings. The zero-order valence-electron chi connectivity index (χ0n) is 14.2. The topological polar surface area (TPSA) is 40.2 Å². The van der Waals surface area contributed by atoms with Crippen molar-refractivity contribution >= 4 is 0 Å². The summed E-state index contributed by atoms with van der Waals surface area (Å²) in [6.45, 7) is 4.01. The van der Waals surface area contributed by atoms with E-state index < -0.39 is 0 Å². The molecule has 0 saturated carbocycles. The molecule has 0 bridgehead atoms. The van der Waals surface area contributed by atoms with Gasteiger partial charge < -0.3 is 18.9 Å². The van der Waals surface area contributed by atoms with Crippen molar-refractivity contribution in [2.24, 2.45) is 0 Å². The number of epoxide rings is 1. The maximum atomic E-state index is 5.68. The number of ether oxygens (including phenoxy) is 4. The summed E-state index contributed by atoms with van der Waals surface area (Å²) in [5.41, 5.74) is 2.51. The van der Waals surface area contributed by atoms with Gasteiger partial charge in [0.2, 0.25) is 0 Å². The van der Waals surface area contributed by atoms with Crippen LogP contribution in [0.3, 0.4) is 0 Å². The first-order valence-electron chi connectivity index (χ1n) is 8.31. The monoisotopic (exact) mass is 328 g/mol. The fraction of sp³-hybridized carbons (Fsp3) is 0.400. The molecule has 4 nitrogen and oxygen atoms in total. The van der Waals surface area contributed by atoms with Gasteiger partial charge in [0, 0.05) is 7.11 Å². The first-order valence-corrected chi connectivity index (χ1v) is 8.31. The Bertz CT molecular complexity index is 617. The molecule has 0 amide bonds. The lowest BCUT2D eigenvalue weighted by Crippen LogP contribution is -2.15. The summed E-state index contributed by atoms with van der Waals surface area (Å²) >= 11 is 0. The van der Waals surface area contributed by atoms with Crippen LogP contribution in [0.1, 0.15) is 18.1 Å². The third-order valence-electron chi connectivity index (χ3n) is 3.98. The molecule has 1 saturated heterocycles. The van der Waals surface area contributed by atoms with Gasteiger partial charge in [-0.25, -0.2) is 0 Å². The summed E-state index contributed by atoms with van der Waals surface area (Å²) in [4.78, 5) is 0. The second-order valence-electron chi connectivity index (χ2n) is 6.09. The normalized spacial score (nSPS) is 17.3. The van der Waals surface area contributed by atoms with Crippen LogP contribution in [-0.4, -0.2) is 39.1 Å². The van der Waals surface area contributed by atoms with Crippen LogP contribution in [-0.2, 0) is 15.9 Å². The van der Waals surface area contributed by atoms with Crippen molar-refractivity contribution in [1.29, 1.82) is 0 Å². The molecule has 2 unspecified atom stereocenters. The highest BCUT2D eigenvalue weighted by atomic mass is 16.6. The summed E-state index contributed by atoms with van der Waals surface area (Å²) in [6, 6.07) is 16.4. The molecule has 0 radical (unpaired) electrons. The smallest absolute Gasteiger partial charge is 0.119 e. The minimum absolute atomic E-state index is 0.0943. The Hall–Kier alpha value is -2.04. The molecule has 2 aromatic carbocycles. The van der Waals surface area contributed by atoms with E-state index in [1.54, 1.807) is 7.11 Å². The van der Waals surface area contributed by atoms with Crippen LogP contribution in [0.2, 0.25) is 0 Å². The molecule has 3 rings (SSSR count). The standard InChI is InChI=1S/C20H24O4/c1-15(21-2)12-22-18-7-3-16(4-8-18)11-17-5-9-19(10-6-17)23-13-20-14-24-20/h3-10,15,20H,11-14H2,1-2H3. The molecule has 0 aromatic heterocycles. The minimum atomic E-state index is 0.0943. The van der Waals surface area contributed by atoms with E-state index >= 15 is 0 Å². The summed E-state index contributed by atoms with van der Waals surface area (Å²) in [5, 5.41) is 0. The zero-order chi connectivity index (χ0) is 16.8. The van der Waals surface area contributed by atoms with Crippen LogP contribution >= 0.6 is 0 Å². The summed E-state index contributed by atoms with van der Waals surface area (Å²) < 4.78 is 21.6. The Kier molecular flexibility index (Phi) is 5.72. The van der Waals surface area contributed by atoms with Crippen LogP contribution in [0.4, 0.5) is 0 Å². The van der Waals surface area contributed by atoms with E-state index in [0.717, 1.165) is 24.5 Å². The molecule has 24 heavy (non-hydrogen) atoms. The maximum absolute atomic E-state index is 5.68. The Balaban J connectivity index is 1.49. The van der Waals surface area contributed by atoms with E-state index in [1.807, 2.05) is 31.2 Å². The maximum Gasteiger partial charge on any atom is 0.119 e. The summed E-state index contributed by atoms with van der Waals surface area (Å²) in [6.07, 6.45) is 1.27. The van der Waals surface area contributed by atoms with Gasteiger partial charge in [0.1, 0.15) is 30.8 Å². The van der Waals surface area contributed by atoms with Gasteiger partial charge in [0.05, 0.1) is 12.7 Å². The molecule has 1 aliphatic heterocycles. The summed E-state index contributed by atoms with van der Waals surface area (Å²) in [7, 11) is 1.69. The van der Waals surface area contributed by atoms with E-state index in [1.165, 1.54) is 11.1 Å². The lowest BCUT2D eigenvalue weighted by Gasteiger charge is -2.12. The van der Waals surface area contributed by atoms with Gasteiger partial charge in [0.25, 0.3) is 0 Å². The first kappa shape index (κ1) is 16.8. The quantitative estimate of drug-likeness (QED) is 0.661. The van der Waals surface area contributed by atoms with Crippen LogP contribution in [0, 0.1) is 0 Å². The number of benzene rings is 2. The largest absolute Gasteiger partial charge is 0.491 e. The molecule has 0 aliphatic carbocycles. The van der Waals surface area contributed by atoms with Crippen LogP contribution in [0.5, 0.6) is 11.5 Å². The molecule has 4 heteroatoms. The van der Waals surface area contributed by atoms with Gasteiger partial charge in [-0.15, -0.1) is 0 Å². The van der Waals surface area contributed by atoms with Gasteiger partial charge in [-0.05, 0) is 48.7 Å². The molecule has 1 heterocycles. The van der Waals surface area contributed by atoms with Crippen molar-refractivity contribution in [2.45, 2.75) is 25.6 Å². The predicted molar refractivity (Wildman–Crippen MR) is 92.9 cm³/mol. The highest BCUT2D eigenvalue weighted by molar-refractivity contribution is 5.34. The van der Waals surface area contributed by atoms with E-state index in [4.69, 9.17) is 18.9 Å². The average molecular weight is 328 g/mol. The average Bonchev–Trinajstić information content (AvgIpc) is 3.45. The molecule has 0 N–H and O–H groups in total. The first-order chi connectivity index (χ1) is 11.7. The second kappa shape index (κ2) is 8.18. The van der Waals surface area contributed by atoms with Crippen molar-refractivity contribution in [3.63, 3.8) is 0 Å². The Morgan fingerprint density at radius 3 is 2.00 bits per heavy atom. The SMILES string of the molecule is COC(C)COc1ccc(Cc2ccc(OCC3CO3)cc2)cc1. The molecule has 1 aliphatic rings. The van der Waals surface area contributed by atoms with Crippen molar-refractivity contribution < 1.29 is 18.9 Å². The minimum Gasteiger partial charge on any atom is -0.491 e.